The van der Waals surface area contributed by atoms with Crippen LogP contribution in [-0.4, -0.2) is 63.2 Å². The molecule has 8 heteroatoms. The van der Waals surface area contributed by atoms with Crippen LogP contribution in [0.1, 0.15) is 57.0 Å². The van der Waals surface area contributed by atoms with Crippen molar-refractivity contribution in [2.24, 2.45) is 5.92 Å². The molecule has 1 saturated heterocycles. The van der Waals surface area contributed by atoms with Crippen molar-refractivity contribution in [3.05, 3.63) is 35.7 Å². The molecule has 0 spiro atoms. The Morgan fingerprint density at radius 3 is 2.77 bits per heavy atom. The smallest absolute Gasteiger partial charge is 0.222 e. The molecule has 1 unspecified atom stereocenters. The Bertz CT molecular complexity index is 815. The van der Waals surface area contributed by atoms with Crippen molar-refractivity contribution in [2.75, 3.05) is 27.2 Å². The number of carbonyl (C=O) groups excluding carboxylic acids is 1. The Kier molecular flexibility index (Phi) is 7.79. The number of piperidine rings is 1. The van der Waals surface area contributed by atoms with E-state index in [4.69, 9.17) is 4.74 Å². The fourth-order valence-corrected chi connectivity index (χ4v) is 3.92. The zero-order chi connectivity index (χ0) is 21.5. The second-order valence-corrected chi connectivity index (χ2v) is 8.30. The van der Waals surface area contributed by atoms with E-state index in [9.17, 15) is 4.79 Å². The van der Waals surface area contributed by atoms with Crippen molar-refractivity contribution in [1.29, 1.82) is 0 Å². The molecular formula is C22H34N6O2. The third-order valence-electron chi connectivity index (χ3n) is 6.17. The van der Waals surface area contributed by atoms with Gasteiger partial charge in [-0.2, -0.15) is 0 Å². The monoisotopic (exact) mass is 414 g/mol. The molecule has 1 atom stereocenters. The predicted molar refractivity (Wildman–Crippen MR) is 115 cm³/mol. The number of hydrogen-bond acceptors (Lipinski definition) is 6. The predicted octanol–water partition coefficient (Wildman–Crippen LogP) is 2.91. The van der Waals surface area contributed by atoms with E-state index in [1.54, 1.807) is 12.0 Å². The lowest BCUT2D eigenvalue weighted by Crippen LogP contribution is -2.33. The number of rotatable bonds is 9. The van der Waals surface area contributed by atoms with Crippen LogP contribution in [0.15, 0.2) is 24.3 Å². The van der Waals surface area contributed by atoms with Crippen LogP contribution < -0.4 is 4.74 Å². The molecule has 1 amide bonds. The van der Waals surface area contributed by atoms with Gasteiger partial charge < -0.3 is 9.64 Å². The first kappa shape index (κ1) is 22.2. The van der Waals surface area contributed by atoms with Crippen LogP contribution in [0.4, 0.5) is 0 Å². The Balaban J connectivity index is 1.49. The highest BCUT2D eigenvalue weighted by atomic mass is 16.5. The molecule has 2 heterocycles. The van der Waals surface area contributed by atoms with Gasteiger partial charge in [-0.3, -0.25) is 9.69 Å². The van der Waals surface area contributed by atoms with Gasteiger partial charge in [0.25, 0.3) is 0 Å². The molecule has 0 N–H and O–H groups in total. The molecule has 8 nitrogen and oxygen atoms in total. The van der Waals surface area contributed by atoms with Gasteiger partial charge in [-0.15, -0.1) is 5.10 Å². The van der Waals surface area contributed by atoms with Gasteiger partial charge in [0.1, 0.15) is 5.75 Å². The number of aromatic nitrogens is 4. The second-order valence-electron chi connectivity index (χ2n) is 8.30. The molecule has 164 valence electrons. The maximum Gasteiger partial charge on any atom is 0.222 e. The quantitative estimate of drug-likeness (QED) is 0.628. The highest BCUT2D eigenvalue weighted by Gasteiger charge is 2.21. The summed E-state index contributed by atoms with van der Waals surface area (Å²) < 4.78 is 7.28. The Morgan fingerprint density at radius 1 is 1.30 bits per heavy atom. The van der Waals surface area contributed by atoms with Gasteiger partial charge >= 0.3 is 0 Å². The SMILES string of the molecule is COc1ccccc1C(C)N(C)C(=O)CCCn1nnnc1CN1CCC(C)CC1. The molecular weight excluding hydrogens is 380 g/mol. The molecule has 1 aliphatic heterocycles. The van der Waals surface area contributed by atoms with Crippen LogP contribution in [0.5, 0.6) is 5.75 Å². The number of nitrogens with zero attached hydrogens (tertiary/aromatic N) is 6. The van der Waals surface area contributed by atoms with E-state index in [0.717, 1.165) is 42.7 Å². The normalized spacial score (nSPS) is 16.4. The number of methoxy groups -OCH3 is 1. The third-order valence-corrected chi connectivity index (χ3v) is 6.17. The lowest BCUT2D eigenvalue weighted by Gasteiger charge is -2.29. The van der Waals surface area contributed by atoms with Crippen molar-refractivity contribution in [2.45, 2.75) is 58.7 Å². The largest absolute Gasteiger partial charge is 0.496 e. The van der Waals surface area contributed by atoms with Crippen LogP contribution in [0.25, 0.3) is 0 Å². The maximum atomic E-state index is 12.7. The molecule has 3 rings (SSSR count). The van der Waals surface area contributed by atoms with E-state index >= 15 is 0 Å². The first-order valence-corrected chi connectivity index (χ1v) is 10.9. The van der Waals surface area contributed by atoms with Gasteiger partial charge in [0.2, 0.25) is 5.91 Å². The summed E-state index contributed by atoms with van der Waals surface area (Å²) in [6.45, 7) is 7.95. The Morgan fingerprint density at radius 2 is 2.03 bits per heavy atom. The van der Waals surface area contributed by atoms with E-state index in [1.807, 2.05) is 42.9 Å². The van der Waals surface area contributed by atoms with Gasteiger partial charge in [0.15, 0.2) is 5.82 Å². The van der Waals surface area contributed by atoms with Crippen molar-refractivity contribution < 1.29 is 9.53 Å². The van der Waals surface area contributed by atoms with E-state index in [0.29, 0.717) is 19.4 Å². The van der Waals surface area contributed by atoms with Gasteiger partial charge in [0.05, 0.1) is 19.7 Å². The van der Waals surface area contributed by atoms with Crippen LogP contribution in [0, 0.1) is 5.92 Å². The number of carbonyl (C=O) groups is 1. The fraction of sp³-hybridized carbons (Fsp3) is 0.636. The number of aryl methyl sites for hydroxylation is 1. The zero-order valence-corrected chi connectivity index (χ0v) is 18.6. The summed E-state index contributed by atoms with van der Waals surface area (Å²) in [4.78, 5) is 16.9. The lowest BCUT2D eigenvalue weighted by molar-refractivity contribution is -0.132. The van der Waals surface area contributed by atoms with Crippen LogP contribution >= 0.6 is 0 Å². The summed E-state index contributed by atoms with van der Waals surface area (Å²) in [6, 6.07) is 7.77. The zero-order valence-electron chi connectivity index (χ0n) is 18.6. The van der Waals surface area contributed by atoms with Gasteiger partial charge in [-0.25, -0.2) is 4.68 Å². The number of benzene rings is 1. The number of tetrazole rings is 1. The van der Waals surface area contributed by atoms with Crippen molar-refractivity contribution in [3.8, 4) is 5.75 Å². The van der Waals surface area contributed by atoms with Gasteiger partial charge in [-0.1, -0.05) is 25.1 Å². The van der Waals surface area contributed by atoms with E-state index in [-0.39, 0.29) is 11.9 Å². The van der Waals surface area contributed by atoms with Crippen LogP contribution in [0.3, 0.4) is 0 Å². The van der Waals surface area contributed by atoms with Crippen molar-refractivity contribution >= 4 is 5.91 Å². The summed E-state index contributed by atoms with van der Waals surface area (Å²) in [6.07, 6.45) is 3.62. The fourth-order valence-electron chi connectivity index (χ4n) is 3.92. The molecule has 0 radical (unpaired) electrons. The Hall–Kier alpha value is -2.48. The maximum absolute atomic E-state index is 12.7. The minimum Gasteiger partial charge on any atom is -0.496 e. The summed E-state index contributed by atoms with van der Waals surface area (Å²) >= 11 is 0. The van der Waals surface area contributed by atoms with Crippen LogP contribution in [0.2, 0.25) is 0 Å². The summed E-state index contributed by atoms with van der Waals surface area (Å²) in [5.41, 5.74) is 1.01. The minimum absolute atomic E-state index is 0.0567. The van der Waals surface area contributed by atoms with Crippen molar-refractivity contribution in [1.82, 2.24) is 30.0 Å². The molecule has 0 aliphatic carbocycles. The standard InChI is InChI=1S/C22H34N6O2/c1-17-11-14-27(15-12-17)16-21-23-24-25-28(21)13-7-10-22(29)26(3)18(2)19-8-5-6-9-20(19)30-4/h5-6,8-9,17-18H,7,10-16H2,1-4H3. The summed E-state index contributed by atoms with van der Waals surface area (Å²) in [5, 5.41) is 12.2. The summed E-state index contributed by atoms with van der Waals surface area (Å²) in [7, 11) is 3.50. The van der Waals surface area contributed by atoms with Crippen LogP contribution in [-0.2, 0) is 17.9 Å². The molecule has 1 aromatic heterocycles. The topological polar surface area (TPSA) is 76.4 Å². The molecule has 0 saturated carbocycles. The summed E-state index contributed by atoms with van der Waals surface area (Å²) in [5.74, 6) is 2.59. The number of likely N-dealkylation sites (tertiary alicyclic amines) is 1. The Labute approximate surface area is 179 Å². The highest BCUT2D eigenvalue weighted by Crippen LogP contribution is 2.28. The second kappa shape index (κ2) is 10.5. The lowest BCUT2D eigenvalue weighted by atomic mass is 9.99. The molecule has 1 aromatic carbocycles. The molecule has 30 heavy (non-hydrogen) atoms. The number of para-hydroxylation sites is 1. The van der Waals surface area contributed by atoms with Crippen molar-refractivity contribution in [3.63, 3.8) is 0 Å². The van der Waals surface area contributed by atoms with E-state index in [2.05, 4.69) is 27.3 Å². The number of hydrogen-bond donors (Lipinski definition) is 0. The van der Waals surface area contributed by atoms with E-state index in [1.165, 1.54) is 12.8 Å². The average molecular weight is 415 g/mol. The first-order chi connectivity index (χ1) is 14.5. The number of ether oxygens (including phenoxy) is 1. The van der Waals surface area contributed by atoms with E-state index < -0.39 is 0 Å². The van der Waals surface area contributed by atoms with Gasteiger partial charge in [0, 0.05) is 25.6 Å². The molecule has 1 aliphatic rings. The molecule has 1 fully saturated rings. The average Bonchev–Trinajstić information content (AvgIpc) is 3.21. The number of amides is 1. The minimum atomic E-state index is -0.0567. The third kappa shape index (κ3) is 5.56. The molecule has 2 aromatic rings. The molecule has 0 bridgehead atoms. The first-order valence-electron chi connectivity index (χ1n) is 10.9. The highest BCUT2D eigenvalue weighted by molar-refractivity contribution is 5.76. The van der Waals surface area contributed by atoms with Gasteiger partial charge in [-0.05, 0) is 61.7 Å².